The van der Waals surface area contributed by atoms with Crippen LogP contribution in [-0.2, 0) is 0 Å². The average molecular weight is 328 g/mol. The highest BCUT2D eigenvalue weighted by molar-refractivity contribution is 9.10. The fourth-order valence-corrected chi connectivity index (χ4v) is 2.28. The van der Waals surface area contributed by atoms with Crippen LogP contribution in [0, 0.1) is 10.1 Å². The van der Waals surface area contributed by atoms with Gasteiger partial charge in [0.05, 0.1) is 10.6 Å². The lowest BCUT2D eigenvalue weighted by atomic mass is 10.1. The van der Waals surface area contributed by atoms with E-state index in [0.717, 1.165) is 0 Å². The summed E-state index contributed by atoms with van der Waals surface area (Å²) in [7, 11) is 0. The first-order chi connectivity index (χ1) is 8.82. The minimum atomic E-state index is -1.16. The number of carbonyl (C=O) groups is 1. The van der Waals surface area contributed by atoms with E-state index in [-0.39, 0.29) is 22.9 Å². The maximum Gasteiger partial charge on any atom is 0.354 e. The van der Waals surface area contributed by atoms with Crippen molar-refractivity contribution < 1.29 is 14.8 Å². The Morgan fingerprint density at radius 1 is 1.58 bits per heavy atom. The molecule has 0 saturated heterocycles. The van der Waals surface area contributed by atoms with Gasteiger partial charge in [0.25, 0.3) is 0 Å². The van der Waals surface area contributed by atoms with Crippen LogP contribution in [0.15, 0.2) is 16.7 Å². The van der Waals surface area contributed by atoms with Gasteiger partial charge < -0.3 is 5.11 Å². The number of aromatic nitrogens is 2. The minimum Gasteiger partial charge on any atom is -0.477 e. The molecule has 0 bridgehead atoms. The predicted molar refractivity (Wildman–Crippen MR) is 70.6 cm³/mol. The second-order valence-electron chi connectivity index (χ2n) is 4.30. The van der Waals surface area contributed by atoms with Gasteiger partial charge in [-0.3, -0.25) is 14.5 Å². The zero-order chi connectivity index (χ0) is 14.3. The molecule has 2 rings (SSSR count). The summed E-state index contributed by atoms with van der Waals surface area (Å²) in [6.45, 7) is 3.57. The monoisotopic (exact) mass is 327 g/mol. The SMILES string of the molecule is CC(C)c1nc2c([N+](=O)[O-])cc(Br)cn2c1C(=O)O. The minimum absolute atomic E-state index is 0.0364. The highest BCUT2D eigenvalue weighted by atomic mass is 79.9. The normalized spacial score (nSPS) is 11.2. The molecule has 0 aliphatic rings. The summed E-state index contributed by atoms with van der Waals surface area (Å²) in [5.41, 5.74) is 0.0844. The number of carboxylic acid groups (broad SMARTS) is 1. The van der Waals surface area contributed by atoms with Gasteiger partial charge in [-0.2, -0.15) is 0 Å². The van der Waals surface area contributed by atoms with E-state index in [2.05, 4.69) is 20.9 Å². The van der Waals surface area contributed by atoms with Gasteiger partial charge >= 0.3 is 11.7 Å². The Hall–Kier alpha value is -1.96. The fraction of sp³-hybridized carbons (Fsp3) is 0.273. The highest BCUT2D eigenvalue weighted by Gasteiger charge is 2.26. The lowest BCUT2D eigenvalue weighted by Gasteiger charge is -2.02. The van der Waals surface area contributed by atoms with Crippen molar-refractivity contribution >= 4 is 33.2 Å². The summed E-state index contributed by atoms with van der Waals surface area (Å²) in [5.74, 6) is -1.31. The molecule has 0 spiro atoms. The smallest absolute Gasteiger partial charge is 0.354 e. The van der Waals surface area contributed by atoms with Gasteiger partial charge in [0, 0.05) is 16.7 Å². The van der Waals surface area contributed by atoms with Gasteiger partial charge in [-0.1, -0.05) is 13.8 Å². The molecule has 0 aromatic carbocycles. The molecule has 0 saturated carbocycles. The van der Waals surface area contributed by atoms with Crippen molar-refractivity contribution in [2.45, 2.75) is 19.8 Å². The molecular weight excluding hydrogens is 318 g/mol. The molecule has 0 aliphatic carbocycles. The average Bonchev–Trinajstić information content (AvgIpc) is 2.66. The molecule has 0 unspecified atom stereocenters. The molecule has 100 valence electrons. The number of rotatable bonds is 3. The van der Waals surface area contributed by atoms with Crippen LogP contribution in [0.25, 0.3) is 5.65 Å². The topological polar surface area (TPSA) is 97.7 Å². The Morgan fingerprint density at radius 3 is 2.68 bits per heavy atom. The van der Waals surface area contributed by atoms with Crippen LogP contribution in [0.4, 0.5) is 5.69 Å². The van der Waals surface area contributed by atoms with Crippen LogP contribution >= 0.6 is 15.9 Å². The van der Waals surface area contributed by atoms with Gasteiger partial charge in [-0.15, -0.1) is 0 Å². The zero-order valence-corrected chi connectivity index (χ0v) is 11.7. The number of nitrogens with zero attached hydrogens (tertiary/aromatic N) is 3. The number of halogens is 1. The Balaban J connectivity index is 2.94. The molecule has 1 N–H and O–H groups in total. The third-order valence-corrected chi connectivity index (χ3v) is 3.07. The first kappa shape index (κ1) is 13.5. The maximum absolute atomic E-state index is 11.3. The van der Waals surface area contributed by atoms with Crippen molar-refractivity contribution in [3.63, 3.8) is 0 Å². The van der Waals surface area contributed by atoms with Crippen LogP contribution in [0.5, 0.6) is 0 Å². The number of pyridine rings is 1. The second kappa shape index (κ2) is 4.61. The van der Waals surface area contributed by atoms with Gasteiger partial charge in [0.15, 0.2) is 5.69 Å². The quantitative estimate of drug-likeness (QED) is 0.690. The van der Waals surface area contributed by atoms with Crippen molar-refractivity contribution in [3.05, 3.63) is 38.2 Å². The summed E-state index contributed by atoms with van der Waals surface area (Å²) in [6, 6.07) is 1.30. The molecule has 0 atom stereocenters. The lowest BCUT2D eigenvalue weighted by molar-refractivity contribution is -0.383. The van der Waals surface area contributed by atoms with Crippen molar-refractivity contribution in [1.29, 1.82) is 0 Å². The van der Waals surface area contributed by atoms with E-state index in [4.69, 9.17) is 0 Å². The van der Waals surface area contributed by atoms with Gasteiger partial charge in [0.1, 0.15) is 0 Å². The van der Waals surface area contributed by atoms with Crippen LogP contribution in [0.1, 0.15) is 35.9 Å². The van der Waals surface area contributed by atoms with Crippen molar-refractivity contribution in [2.24, 2.45) is 0 Å². The third kappa shape index (κ3) is 2.19. The Kier molecular flexibility index (Phi) is 3.27. The molecular formula is C11H10BrN3O4. The van der Waals surface area contributed by atoms with E-state index in [0.29, 0.717) is 10.2 Å². The molecule has 19 heavy (non-hydrogen) atoms. The summed E-state index contributed by atoms with van der Waals surface area (Å²) in [6.07, 6.45) is 1.46. The summed E-state index contributed by atoms with van der Waals surface area (Å²) in [5, 5.41) is 20.3. The maximum atomic E-state index is 11.3. The van der Waals surface area contributed by atoms with Crippen molar-refractivity contribution in [2.75, 3.05) is 0 Å². The van der Waals surface area contributed by atoms with E-state index >= 15 is 0 Å². The first-order valence-electron chi connectivity index (χ1n) is 5.42. The molecule has 0 radical (unpaired) electrons. The van der Waals surface area contributed by atoms with Crippen LogP contribution in [0.2, 0.25) is 0 Å². The molecule has 0 amide bonds. The Bertz CT molecular complexity index is 693. The largest absolute Gasteiger partial charge is 0.477 e. The summed E-state index contributed by atoms with van der Waals surface area (Å²) in [4.78, 5) is 25.9. The molecule has 7 nitrogen and oxygen atoms in total. The Morgan fingerprint density at radius 2 is 2.21 bits per heavy atom. The number of nitro groups is 1. The van der Waals surface area contributed by atoms with E-state index in [1.54, 1.807) is 13.8 Å². The van der Waals surface area contributed by atoms with Crippen molar-refractivity contribution in [3.8, 4) is 0 Å². The number of imidazole rings is 1. The fourth-order valence-electron chi connectivity index (χ4n) is 1.86. The molecule has 8 heteroatoms. The number of fused-ring (bicyclic) bond motifs is 1. The molecule has 0 aliphatic heterocycles. The third-order valence-electron chi connectivity index (χ3n) is 2.64. The van der Waals surface area contributed by atoms with Gasteiger partial charge in [-0.25, -0.2) is 9.78 Å². The first-order valence-corrected chi connectivity index (χ1v) is 6.21. The molecule has 0 fully saturated rings. The number of hydrogen-bond acceptors (Lipinski definition) is 4. The van der Waals surface area contributed by atoms with Crippen LogP contribution in [0.3, 0.4) is 0 Å². The lowest BCUT2D eigenvalue weighted by Crippen LogP contribution is -2.06. The zero-order valence-electron chi connectivity index (χ0n) is 10.1. The number of hydrogen-bond donors (Lipinski definition) is 1. The van der Waals surface area contributed by atoms with Gasteiger partial charge in [0.2, 0.25) is 5.65 Å². The van der Waals surface area contributed by atoms with Gasteiger partial charge in [-0.05, 0) is 21.8 Å². The summed E-state index contributed by atoms with van der Waals surface area (Å²) >= 11 is 3.14. The van der Waals surface area contributed by atoms with E-state index in [9.17, 15) is 20.0 Å². The Labute approximate surface area is 116 Å². The predicted octanol–water partition coefficient (Wildman–Crippen LogP) is 2.83. The number of aromatic carboxylic acids is 1. The molecule has 2 aromatic heterocycles. The second-order valence-corrected chi connectivity index (χ2v) is 5.22. The number of carboxylic acids is 1. The van der Waals surface area contributed by atoms with E-state index in [1.807, 2.05) is 0 Å². The van der Waals surface area contributed by atoms with Crippen LogP contribution < -0.4 is 0 Å². The summed E-state index contributed by atoms with van der Waals surface area (Å²) < 4.78 is 1.65. The molecule has 2 heterocycles. The standard InChI is InChI=1S/C11H10BrN3O4/c1-5(2)8-9(11(16)17)14-4-6(12)3-7(15(18)19)10(14)13-8/h3-5H,1-2H3,(H,16,17). The van der Waals surface area contributed by atoms with Crippen LogP contribution in [-0.4, -0.2) is 25.4 Å². The van der Waals surface area contributed by atoms with E-state index in [1.165, 1.54) is 16.7 Å². The van der Waals surface area contributed by atoms with Crippen molar-refractivity contribution in [1.82, 2.24) is 9.38 Å². The highest BCUT2D eigenvalue weighted by Crippen LogP contribution is 2.29. The molecule has 2 aromatic rings. The van der Waals surface area contributed by atoms with E-state index < -0.39 is 10.9 Å².